The standard InChI is InChI=1S/C12H11NO2S/c1-9-3-2-4-10(6-14)12(9)15-7-11-5-13-8-16-11/h2-6,8H,7H2,1H3. The van der Waals surface area contributed by atoms with Crippen LogP contribution >= 0.6 is 11.3 Å². The predicted octanol–water partition coefficient (Wildman–Crippen LogP) is 2.84. The smallest absolute Gasteiger partial charge is 0.153 e. The van der Waals surface area contributed by atoms with Crippen molar-refractivity contribution in [1.82, 2.24) is 4.98 Å². The second-order valence-electron chi connectivity index (χ2n) is 3.37. The van der Waals surface area contributed by atoms with Crippen LogP contribution in [0.15, 0.2) is 29.9 Å². The number of hydrogen-bond acceptors (Lipinski definition) is 4. The molecule has 0 amide bonds. The minimum absolute atomic E-state index is 0.455. The average molecular weight is 233 g/mol. The normalized spacial score (nSPS) is 10.1. The summed E-state index contributed by atoms with van der Waals surface area (Å²) in [6.07, 6.45) is 2.58. The van der Waals surface area contributed by atoms with Crippen molar-refractivity contribution in [2.24, 2.45) is 0 Å². The van der Waals surface area contributed by atoms with Crippen LogP contribution in [-0.4, -0.2) is 11.3 Å². The van der Waals surface area contributed by atoms with Gasteiger partial charge in [-0.1, -0.05) is 12.1 Å². The highest BCUT2D eigenvalue weighted by Crippen LogP contribution is 2.23. The van der Waals surface area contributed by atoms with Crippen molar-refractivity contribution in [2.45, 2.75) is 13.5 Å². The topological polar surface area (TPSA) is 39.2 Å². The monoisotopic (exact) mass is 233 g/mol. The zero-order valence-electron chi connectivity index (χ0n) is 8.84. The Bertz CT molecular complexity index is 480. The lowest BCUT2D eigenvalue weighted by atomic mass is 10.1. The summed E-state index contributed by atoms with van der Waals surface area (Å²) >= 11 is 1.54. The molecular formula is C12H11NO2S. The molecule has 16 heavy (non-hydrogen) atoms. The number of rotatable bonds is 4. The Balaban J connectivity index is 2.17. The Morgan fingerprint density at radius 1 is 1.50 bits per heavy atom. The van der Waals surface area contributed by atoms with Gasteiger partial charge in [-0.2, -0.15) is 0 Å². The maximum absolute atomic E-state index is 10.9. The molecule has 0 bridgehead atoms. The molecule has 0 aliphatic rings. The lowest BCUT2D eigenvalue weighted by Gasteiger charge is -2.09. The van der Waals surface area contributed by atoms with E-state index in [0.29, 0.717) is 17.9 Å². The zero-order chi connectivity index (χ0) is 11.4. The molecule has 0 atom stereocenters. The summed E-state index contributed by atoms with van der Waals surface area (Å²) in [6.45, 7) is 2.38. The van der Waals surface area contributed by atoms with Crippen LogP contribution in [0.4, 0.5) is 0 Å². The first-order valence-corrected chi connectivity index (χ1v) is 5.74. The molecule has 0 N–H and O–H groups in total. The number of carbonyl (C=O) groups is 1. The summed E-state index contributed by atoms with van der Waals surface area (Å²) in [5, 5.41) is 0. The van der Waals surface area contributed by atoms with Crippen molar-refractivity contribution in [1.29, 1.82) is 0 Å². The first kappa shape index (κ1) is 10.8. The Morgan fingerprint density at radius 2 is 2.38 bits per heavy atom. The number of aromatic nitrogens is 1. The van der Waals surface area contributed by atoms with Gasteiger partial charge in [0.15, 0.2) is 6.29 Å². The number of hydrogen-bond donors (Lipinski definition) is 0. The molecule has 2 rings (SSSR count). The van der Waals surface area contributed by atoms with Crippen LogP contribution < -0.4 is 4.74 Å². The Kier molecular flexibility index (Phi) is 3.31. The first-order chi connectivity index (χ1) is 7.81. The summed E-state index contributed by atoms with van der Waals surface area (Å²) in [5.41, 5.74) is 3.32. The average Bonchev–Trinajstić information content (AvgIpc) is 2.80. The van der Waals surface area contributed by atoms with Crippen LogP contribution in [0.1, 0.15) is 20.8 Å². The third kappa shape index (κ3) is 2.28. The van der Waals surface area contributed by atoms with E-state index < -0.39 is 0 Å². The van der Waals surface area contributed by atoms with Gasteiger partial charge in [0.05, 0.1) is 16.0 Å². The van der Waals surface area contributed by atoms with Gasteiger partial charge < -0.3 is 4.74 Å². The maximum atomic E-state index is 10.9. The van der Waals surface area contributed by atoms with Gasteiger partial charge in [-0.05, 0) is 18.6 Å². The summed E-state index contributed by atoms with van der Waals surface area (Å²) in [4.78, 5) is 15.9. The summed E-state index contributed by atoms with van der Waals surface area (Å²) in [6, 6.07) is 5.52. The fourth-order valence-electron chi connectivity index (χ4n) is 1.42. The third-order valence-corrected chi connectivity index (χ3v) is 2.96. The molecule has 4 heteroatoms. The first-order valence-electron chi connectivity index (χ1n) is 4.86. The molecule has 0 fully saturated rings. The van der Waals surface area contributed by atoms with Crippen molar-refractivity contribution in [3.05, 3.63) is 45.9 Å². The van der Waals surface area contributed by atoms with Crippen LogP contribution in [0.3, 0.4) is 0 Å². The number of benzene rings is 1. The molecule has 0 aliphatic carbocycles. The molecule has 1 aromatic carbocycles. The minimum Gasteiger partial charge on any atom is -0.487 e. The number of thiazole rings is 1. The molecule has 0 spiro atoms. The molecule has 0 saturated carbocycles. The van der Waals surface area contributed by atoms with Crippen molar-refractivity contribution in [2.75, 3.05) is 0 Å². The van der Waals surface area contributed by atoms with Crippen LogP contribution in [0.25, 0.3) is 0 Å². The molecule has 82 valence electrons. The van der Waals surface area contributed by atoms with Gasteiger partial charge in [0.25, 0.3) is 0 Å². The Morgan fingerprint density at radius 3 is 3.06 bits per heavy atom. The SMILES string of the molecule is Cc1cccc(C=O)c1OCc1cncs1. The molecule has 0 saturated heterocycles. The van der Waals surface area contributed by atoms with E-state index >= 15 is 0 Å². The molecule has 3 nitrogen and oxygen atoms in total. The van der Waals surface area contributed by atoms with E-state index in [2.05, 4.69) is 4.98 Å². The van der Waals surface area contributed by atoms with Crippen molar-refractivity contribution < 1.29 is 9.53 Å². The number of ether oxygens (including phenoxy) is 1. The maximum Gasteiger partial charge on any atom is 0.153 e. The van der Waals surface area contributed by atoms with Crippen LogP contribution in [0.2, 0.25) is 0 Å². The molecule has 1 heterocycles. The molecule has 0 aliphatic heterocycles. The highest BCUT2D eigenvalue weighted by molar-refractivity contribution is 7.09. The number of para-hydroxylation sites is 1. The third-order valence-electron chi connectivity index (χ3n) is 2.21. The van der Waals surface area contributed by atoms with Crippen molar-refractivity contribution >= 4 is 17.6 Å². The Labute approximate surface area is 97.7 Å². The number of nitrogens with zero attached hydrogens (tertiary/aromatic N) is 1. The quantitative estimate of drug-likeness (QED) is 0.762. The largest absolute Gasteiger partial charge is 0.487 e. The second kappa shape index (κ2) is 4.90. The lowest BCUT2D eigenvalue weighted by molar-refractivity contribution is 0.111. The fraction of sp³-hybridized carbons (Fsp3) is 0.167. The molecule has 2 aromatic rings. The summed E-state index contributed by atoms with van der Waals surface area (Å²) in [5.74, 6) is 0.658. The molecule has 0 radical (unpaired) electrons. The highest BCUT2D eigenvalue weighted by Gasteiger charge is 2.06. The highest BCUT2D eigenvalue weighted by atomic mass is 32.1. The van der Waals surface area contributed by atoms with Crippen LogP contribution in [0, 0.1) is 6.92 Å². The number of carbonyl (C=O) groups excluding carboxylic acids is 1. The molecule has 1 aromatic heterocycles. The van der Waals surface area contributed by atoms with Gasteiger partial charge in [-0.3, -0.25) is 9.78 Å². The Hall–Kier alpha value is -1.68. The van der Waals surface area contributed by atoms with Crippen molar-refractivity contribution in [3.63, 3.8) is 0 Å². The second-order valence-corrected chi connectivity index (χ2v) is 4.34. The van der Waals surface area contributed by atoms with Gasteiger partial charge in [0.2, 0.25) is 0 Å². The predicted molar refractivity (Wildman–Crippen MR) is 63.0 cm³/mol. The summed E-state index contributed by atoms with van der Waals surface area (Å²) in [7, 11) is 0. The number of aryl methyl sites for hydroxylation is 1. The zero-order valence-corrected chi connectivity index (χ0v) is 9.66. The van der Waals surface area contributed by atoms with Gasteiger partial charge in [-0.25, -0.2) is 0 Å². The van der Waals surface area contributed by atoms with E-state index in [0.717, 1.165) is 16.7 Å². The molecular weight excluding hydrogens is 222 g/mol. The van der Waals surface area contributed by atoms with Gasteiger partial charge in [0, 0.05) is 6.20 Å². The van der Waals surface area contributed by atoms with E-state index in [-0.39, 0.29) is 0 Å². The van der Waals surface area contributed by atoms with E-state index in [1.165, 1.54) is 11.3 Å². The van der Waals surface area contributed by atoms with E-state index in [1.807, 2.05) is 19.1 Å². The van der Waals surface area contributed by atoms with Crippen LogP contribution in [-0.2, 0) is 6.61 Å². The van der Waals surface area contributed by atoms with Gasteiger partial charge in [-0.15, -0.1) is 11.3 Å². The van der Waals surface area contributed by atoms with E-state index in [1.54, 1.807) is 17.8 Å². The number of aldehydes is 1. The van der Waals surface area contributed by atoms with Gasteiger partial charge >= 0.3 is 0 Å². The molecule has 0 unspecified atom stereocenters. The fourth-order valence-corrected chi connectivity index (χ4v) is 1.93. The lowest BCUT2D eigenvalue weighted by Crippen LogP contribution is -1.98. The van der Waals surface area contributed by atoms with Crippen molar-refractivity contribution in [3.8, 4) is 5.75 Å². The van der Waals surface area contributed by atoms with Crippen LogP contribution in [0.5, 0.6) is 5.75 Å². The van der Waals surface area contributed by atoms with E-state index in [9.17, 15) is 4.79 Å². The van der Waals surface area contributed by atoms with E-state index in [4.69, 9.17) is 4.74 Å². The van der Waals surface area contributed by atoms with Gasteiger partial charge in [0.1, 0.15) is 12.4 Å². The minimum atomic E-state index is 0.455. The summed E-state index contributed by atoms with van der Waals surface area (Å²) < 4.78 is 5.64.